The molecule has 0 aliphatic carbocycles. The lowest BCUT2D eigenvalue weighted by Gasteiger charge is -2.24. The van der Waals surface area contributed by atoms with E-state index >= 15 is 0 Å². The fraction of sp³-hybridized carbons (Fsp3) is 0.381. The van der Waals surface area contributed by atoms with Crippen LogP contribution in [0.3, 0.4) is 0 Å². The molecule has 7 heteroatoms. The molecule has 1 N–H and O–H groups in total. The maximum Gasteiger partial charge on any atom is 0.253 e. The highest BCUT2D eigenvalue weighted by atomic mass is 32.2. The summed E-state index contributed by atoms with van der Waals surface area (Å²) >= 11 is 0. The van der Waals surface area contributed by atoms with Crippen molar-refractivity contribution in [3.8, 4) is 0 Å². The lowest BCUT2D eigenvalue weighted by atomic mass is 10.1. The second kappa shape index (κ2) is 8.65. The van der Waals surface area contributed by atoms with Gasteiger partial charge in [0.15, 0.2) is 0 Å². The van der Waals surface area contributed by atoms with E-state index in [2.05, 4.69) is 21.8 Å². The van der Waals surface area contributed by atoms with Gasteiger partial charge in [0.2, 0.25) is 10.0 Å². The number of carbonyl (C=O) groups is 1. The summed E-state index contributed by atoms with van der Waals surface area (Å²) in [6.07, 6.45) is 2.40. The van der Waals surface area contributed by atoms with Crippen LogP contribution in [0.15, 0.2) is 48.5 Å². The van der Waals surface area contributed by atoms with Gasteiger partial charge in [-0.15, -0.1) is 0 Å². The molecular weight excluding hydrogens is 374 g/mol. The number of benzene rings is 2. The van der Waals surface area contributed by atoms with Gasteiger partial charge in [0.25, 0.3) is 5.91 Å². The van der Waals surface area contributed by atoms with E-state index in [9.17, 15) is 13.2 Å². The van der Waals surface area contributed by atoms with Crippen LogP contribution in [0.25, 0.3) is 0 Å². The number of amides is 1. The molecule has 3 rings (SSSR count). The van der Waals surface area contributed by atoms with Crippen LogP contribution in [-0.4, -0.2) is 45.1 Å². The van der Waals surface area contributed by atoms with Gasteiger partial charge in [-0.25, -0.2) is 8.42 Å². The summed E-state index contributed by atoms with van der Waals surface area (Å²) in [5.74, 6) is -0.160. The van der Waals surface area contributed by atoms with Crippen LogP contribution in [0.1, 0.15) is 35.7 Å². The number of anilines is 2. The van der Waals surface area contributed by atoms with Gasteiger partial charge < -0.3 is 9.80 Å². The summed E-state index contributed by atoms with van der Waals surface area (Å²) in [6, 6.07) is 14.8. The molecule has 0 unspecified atom stereocenters. The number of nitrogens with zero attached hydrogens (tertiary/aromatic N) is 2. The van der Waals surface area contributed by atoms with E-state index in [4.69, 9.17) is 0 Å². The van der Waals surface area contributed by atoms with Crippen molar-refractivity contribution in [1.82, 2.24) is 4.90 Å². The maximum absolute atomic E-state index is 12.9. The SMILES string of the molecule is CCS(=O)(=O)Nc1cccc(C(=O)N(C)Cc2ccccc2N2CCCC2)c1. The predicted molar refractivity (Wildman–Crippen MR) is 113 cm³/mol. The van der Waals surface area contributed by atoms with Crippen molar-refractivity contribution in [2.24, 2.45) is 0 Å². The zero-order valence-corrected chi connectivity index (χ0v) is 17.2. The van der Waals surface area contributed by atoms with Crippen molar-refractivity contribution in [3.63, 3.8) is 0 Å². The van der Waals surface area contributed by atoms with Gasteiger partial charge in [-0.1, -0.05) is 24.3 Å². The number of rotatable bonds is 7. The molecule has 1 fully saturated rings. The Morgan fingerprint density at radius 3 is 2.54 bits per heavy atom. The Morgan fingerprint density at radius 1 is 1.11 bits per heavy atom. The molecule has 0 saturated carbocycles. The van der Waals surface area contributed by atoms with Crippen LogP contribution < -0.4 is 9.62 Å². The van der Waals surface area contributed by atoms with Crippen molar-refractivity contribution < 1.29 is 13.2 Å². The predicted octanol–water partition coefficient (Wildman–Crippen LogP) is 3.32. The van der Waals surface area contributed by atoms with E-state index in [0.717, 1.165) is 18.7 Å². The van der Waals surface area contributed by atoms with Crippen LogP contribution in [-0.2, 0) is 16.6 Å². The molecule has 0 bridgehead atoms. The smallest absolute Gasteiger partial charge is 0.253 e. The highest BCUT2D eigenvalue weighted by molar-refractivity contribution is 7.92. The highest BCUT2D eigenvalue weighted by Gasteiger charge is 2.19. The zero-order valence-electron chi connectivity index (χ0n) is 16.4. The van der Waals surface area contributed by atoms with Gasteiger partial charge in [-0.05, 0) is 49.6 Å². The minimum absolute atomic E-state index is 0.0155. The molecule has 1 heterocycles. The lowest BCUT2D eigenvalue weighted by molar-refractivity contribution is 0.0785. The van der Waals surface area contributed by atoms with Gasteiger partial charge in [-0.3, -0.25) is 9.52 Å². The van der Waals surface area contributed by atoms with Crippen LogP contribution in [0.4, 0.5) is 11.4 Å². The average molecular weight is 402 g/mol. The zero-order chi connectivity index (χ0) is 20.1. The summed E-state index contributed by atoms with van der Waals surface area (Å²) in [7, 11) is -1.61. The molecule has 2 aromatic carbocycles. The van der Waals surface area contributed by atoms with Gasteiger partial charge >= 0.3 is 0 Å². The van der Waals surface area contributed by atoms with Crippen molar-refractivity contribution in [2.75, 3.05) is 35.5 Å². The summed E-state index contributed by atoms with van der Waals surface area (Å²) in [5, 5.41) is 0. The second-order valence-corrected chi connectivity index (χ2v) is 9.08. The van der Waals surface area contributed by atoms with E-state index < -0.39 is 10.0 Å². The molecule has 6 nitrogen and oxygen atoms in total. The number of sulfonamides is 1. The maximum atomic E-state index is 12.9. The first-order valence-corrected chi connectivity index (χ1v) is 11.2. The van der Waals surface area contributed by atoms with Crippen molar-refractivity contribution in [2.45, 2.75) is 26.3 Å². The Hall–Kier alpha value is -2.54. The fourth-order valence-corrected chi connectivity index (χ4v) is 4.06. The fourth-order valence-electron chi connectivity index (χ4n) is 3.43. The van der Waals surface area contributed by atoms with E-state index in [1.807, 2.05) is 12.1 Å². The monoisotopic (exact) mass is 401 g/mol. The van der Waals surface area contributed by atoms with Gasteiger partial charge in [0.05, 0.1) is 5.75 Å². The Bertz CT molecular complexity index is 937. The summed E-state index contributed by atoms with van der Waals surface area (Å²) < 4.78 is 26.0. The van der Waals surface area contributed by atoms with E-state index in [1.165, 1.54) is 18.5 Å². The minimum atomic E-state index is -3.38. The molecule has 28 heavy (non-hydrogen) atoms. The number of carbonyl (C=O) groups excluding carboxylic acids is 1. The third-order valence-electron chi connectivity index (χ3n) is 4.96. The molecule has 1 saturated heterocycles. The first kappa shape index (κ1) is 20.2. The van der Waals surface area contributed by atoms with E-state index in [0.29, 0.717) is 17.8 Å². The number of hydrogen-bond acceptors (Lipinski definition) is 4. The molecule has 1 aliphatic heterocycles. The Morgan fingerprint density at radius 2 is 1.82 bits per heavy atom. The summed E-state index contributed by atoms with van der Waals surface area (Å²) in [5.41, 5.74) is 3.16. The first-order chi connectivity index (χ1) is 13.4. The van der Waals surface area contributed by atoms with Crippen molar-refractivity contribution >= 4 is 27.3 Å². The highest BCUT2D eigenvalue weighted by Crippen LogP contribution is 2.26. The normalized spacial score (nSPS) is 14.1. The Kier molecular flexibility index (Phi) is 6.24. The summed E-state index contributed by atoms with van der Waals surface area (Å²) in [4.78, 5) is 16.9. The minimum Gasteiger partial charge on any atom is -0.371 e. The Balaban J connectivity index is 1.75. The Labute approximate surface area is 167 Å². The standard InChI is InChI=1S/C21H27N3O3S/c1-3-28(26,27)22-19-11-8-10-17(15-19)21(25)23(2)16-18-9-4-5-12-20(18)24-13-6-7-14-24/h4-5,8-12,15,22H,3,6-7,13-14,16H2,1-2H3. The van der Waals surface area contributed by atoms with Crippen LogP contribution in [0, 0.1) is 0 Å². The van der Waals surface area contributed by atoms with Crippen molar-refractivity contribution in [3.05, 3.63) is 59.7 Å². The first-order valence-electron chi connectivity index (χ1n) is 9.58. The molecule has 150 valence electrons. The molecular formula is C21H27N3O3S. The number of nitrogens with one attached hydrogen (secondary N) is 1. The van der Waals surface area contributed by atoms with Gasteiger partial charge in [0, 0.05) is 43.6 Å². The largest absolute Gasteiger partial charge is 0.371 e. The van der Waals surface area contributed by atoms with E-state index in [1.54, 1.807) is 43.1 Å². The van der Waals surface area contributed by atoms with E-state index in [-0.39, 0.29) is 11.7 Å². The van der Waals surface area contributed by atoms with Crippen LogP contribution in [0.5, 0.6) is 0 Å². The van der Waals surface area contributed by atoms with Crippen LogP contribution >= 0.6 is 0 Å². The molecule has 1 aliphatic rings. The number of hydrogen-bond donors (Lipinski definition) is 1. The quantitative estimate of drug-likeness (QED) is 0.773. The molecule has 0 aromatic heterocycles. The van der Waals surface area contributed by atoms with Crippen molar-refractivity contribution in [1.29, 1.82) is 0 Å². The third kappa shape index (κ3) is 4.84. The number of para-hydroxylation sites is 1. The topological polar surface area (TPSA) is 69.7 Å². The van der Waals surface area contributed by atoms with Crippen LogP contribution in [0.2, 0.25) is 0 Å². The average Bonchev–Trinajstić information content (AvgIpc) is 3.22. The lowest BCUT2D eigenvalue weighted by Crippen LogP contribution is -2.28. The molecule has 0 radical (unpaired) electrons. The molecule has 2 aromatic rings. The molecule has 0 atom stereocenters. The van der Waals surface area contributed by atoms with Gasteiger partial charge in [-0.2, -0.15) is 0 Å². The van der Waals surface area contributed by atoms with Gasteiger partial charge in [0.1, 0.15) is 0 Å². The second-order valence-electron chi connectivity index (χ2n) is 7.07. The third-order valence-corrected chi connectivity index (χ3v) is 6.26. The summed E-state index contributed by atoms with van der Waals surface area (Å²) in [6.45, 7) is 4.17. The molecule has 1 amide bonds. The molecule has 0 spiro atoms.